The predicted molar refractivity (Wildman–Crippen MR) is 96.3 cm³/mol. The maximum absolute atomic E-state index is 11.5. The van der Waals surface area contributed by atoms with E-state index in [9.17, 15) is 14.9 Å². The first-order chi connectivity index (χ1) is 11.1. The molecule has 0 radical (unpaired) electrons. The minimum atomic E-state index is -1.04. The van der Waals surface area contributed by atoms with Crippen LogP contribution in [0.15, 0.2) is 23.8 Å². The molecule has 0 aromatic heterocycles. The zero-order valence-electron chi connectivity index (χ0n) is 14.9. The largest absolute Gasteiger partial charge is 0.478 e. The van der Waals surface area contributed by atoms with Crippen molar-refractivity contribution in [3.8, 4) is 0 Å². The Labute approximate surface area is 142 Å². The van der Waals surface area contributed by atoms with E-state index in [1.165, 1.54) is 19.1 Å². The van der Waals surface area contributed by atoms with Crippen molar-refractivity contribution in [3.05, 3.63) is 39.4 Å². The van der Waals surface area contributed by atoms with Crippen LogP contribution in [0, 0.1) is 22.0 Å². The summed E-state index contributed by atoms with van der Waals surface area (Å²) in [4.78, 5) is 24.1. The lowest BCUT2D eigenvalue weighted by Gasteiger charge is -2.28. The number of carbonyl (C=O) groups is 1. The van der Waals surface area contributed by atoms with Crippen LogP contribution in [0.3, 0.4) is 0 Å². The molecule has 6 heteroatoms. The second-order valence-corrected chi connectivity index (χ2v) is 6.83. The summed E-state index contributed by atoms with van der Waals surface area (Å²) in [6.07, 6.45) is 1.44. The fourth-order valence-corrected chi connectivity index (χ4v) is 2.51. The van der Waals surface area contributed by atoms with Gasteiger partial charge in [-0.1, -0.05) is 33.8 Å². The SMILES string of the molecule is C/C(=C\c1ccc(N(CC(C)C)CC(C)C)c([N+](=O)[O-])c1)C(=O)O. The molecule has 0 spiro atoms. The third kappa shape index (κ3) is 5.68. The molecule has 0 atom stereocenters. The number of nitrogens with zero attached hydrogens (tertiary/aromatic N) is 2. The van der Waals surface area contributed by atoms with Crippen molar-refractivity contribution in [2.45, 2.75) is 34.6 Å². The van der Waals surface area contributed by atoms with E-state index >= 15 is 0 Å². The molecule has 0 saturated carbocycles. The Bertz CT molecular complexity index is 626. The fourth-order valence-electron chi connectivity index (χ4n) is 2.51. The van der Waals surface area contributed by atoms with E-state index in [1.807, 2.05) is 4.90 Å². The van der Waals surface area contributed by atoms with Gasteiger partial charge in [-0.25, -0.2) is 4.79 Å². The molecule has 0 aliphatic rings. The smallest absolute Gasteiger partial charge is 0.331 e. The Kier molecular flexibility index (Phi) is 6.95. The normalized spacial score (nSPS) is 11.9. The number of hydrogen-bond donors (Lipinski definition) is 1. The Hall–Kier alpha value is -2.37. The maximum atomic E-state index is 11.5. The zero-order valence-corrected chi connectivity index (χ0v) is 14.9. The number of hydrogen-bond acceptors (Lipinski definition) is 4. The van der Waals surface area contributed by atoms with Gasteiger partial charge >= 0.3 is 5.97 Å². The molecule has 0 bridgehead atoms. The summed E-state index contributed by atoms with van der Waals surface area (Å²) in [6.45, 7) is 11.2. The molecule has 0 aliphatic heterocycles. The van der Waals surface area contributed by atoms with Gasteiger partial charge < -0.3 is 10.0 Å². The molecule has 0 unspecified atom stereocenters. The minimum absolute atomic E-state index is 0.00300. The first-order valence-corrected chi connectivity index (χ1v) is 8.06. The van der Waals surface area contributed by atoms with Gasteiger partial charge in [-0.2, -0.15) is 0 Å². The topological polar surface area (TPSA) is 83.7 Å². The van der Waals surface area contributed by atoms with E-state index in [-0.39, 0.29) is 11.3 Å². The quantitative estimate of drug-likeness (QED) is 0.437. The highest BCUT2D eigenvalue weighted by molar-refractivity contribution is 5.91. The highest BCUT2D eigenvalue weighted by atomic mass is 16.6. The summed E-state index contributed by atoms with van der Waals surface area (Å²) in [5.41, 5.74) is 1.23. The van der Waals surface area contributed by atoms with E-state index in [0.29, 0.717) is 23.1 Å². The monoisotopic (exact) mass is 334 g/mol. The highest BCUT2D eigenvalue weighted by Crippen LogP contribution is 2.31. The lowest BCUT2D eigenvalue weighted by atomic mass is 10.1. The number of nitro groups is 1. The summed E-state index contributed by atoms with van der Waals surface area (Å²) in [5.74, 6) is -0.294. The molecule has 24 heavy (non-hydrogen) atoms. The molecule has 6 nitrogen and oxygen atoms in total. The molecule has 0 fully saturated rings. The molecule has 1 aromatic rings. The van der Waals surface area contributed by atoms with Crippen LogP contribution >= 0.6 is 0 Å². The number of carboxylic acid groups (broad SMARTS) is 1. The molecule has 132 valence electrons. The average molecular weight is 334 g/mol. The molecule has 0 heterocycles. The maximum Gasteiger partial charge on any atom is 0.331 e. The standard InChI is InChI=1S/C18H26N2O4/c1-12(2)10-19(11-13(3)4)16-7-6-15(8-14(5)18(21)22)9-17(16)20(23)24/h6-9,12-13H,10-11H2,1-5H3,(H,21,22)/b14-8+. The average Bonchev–Trinajstić information content (AvgIpc) is 2.45. The number of rotatable bonds is 8. The van der Waals surface area contributed by atoms with Gasteiger partial charge in [-0.3, -0.25) is 10.1 Å². The summed E-state index contributed by atoms with van der Waals surface area (Å²) >= 11 is 0. The van der Waals surface area contributed by atoms with Gasteiger partial charge in [0, 0.05) is 24.7 Å². The predicted octanol–water partition coefficient (Wildman–Crippen LogP) is 4.20. The van der Waals surface area contributed by atoms with Gasteiger partial charge in [-0.15, -0.1) is 0 Å². The molecule has 0 amide bonds. The number of carboxylic acids is 1. The fraction of sp³-hybridized carbons (Fsp3) is 0.500. The van der Waals surface area contributed by atoms with Gasteiger partial charge in [-0.05, 0) is 36.5 Å². The highest BCUT2D eigenvalue weighted by Gasteiger charge is 2.21. The Morgan fingerprint density at radius 1 is 1.25 bits per heavy atom. The van der Waals surface area contributed by atoms with Gasteiger partial charge in [0.05, 0.1) is 4.92 Å². The van der Waals surface area contributed by atoms with E-state index in [1.54, 1.807) is 12.1 Å². The molecule has 0 aliphatic carbocycles. The Balaban J connectivity index is 3.33. The third-order valence-electron chi connectivity index (χ3n) is 3.43. The van der Waals surface area contributed by atoms with Crippen LogP contribution in [0.5, 0.6) is 0 Å². The van der Waals surface area contributed by atoms with Crippen LogP contribution in [0.2, 0.25) is 0 Å². The number of anilines is 1. The molecular formula is C18H26N2O4. The molecule has 0 saturated heterocycles. The Morgan fingerprint density at radius 3 is 2.21 bits per heavy atom. The first-order valence-electron chi connectivity index (χ1n) is 8.06. The van der Waals surface area contributed by atoms with E-state index < -0.39 is 10.9 Å². The summed E-state index contributed by atoms with van der Waals surface area (Å²) in [6, 6.07) is 4.88. The third-order valence-corrected chi connectivity index (χ3v) is 3.43. The lowest BCUT2D eigenvalue weighted by Crippen LogP contribution is -2.31. The van der Waals surface area contributed by atoms with Crippen molar-refractivity contribution in [1.29, 1.82) is 0 Å². The van der Waals surface area contributed by atoms with E-state index in [4.69, 9.17) is 5.11 Å². The van der Waals surface area contributed by atoms with Gasteiger partial charge in [0.2, 0.25) is 0 Å². The van der Waals surface area contributed by atoms with Crippen LogP contribution in [0.1, 0.15) is 40.2 Å². The van der Waals surface area contributed by atoms with Crippen LogP contribution in [-0.2, 0) is 4.79 Å². The van der Waals surface area contributed by atoms with Crippen molar-refractivity contribution in [1.82, 2.24) is 0 Å². The summed E-state index contributed by atoms with van der Waals surface area (Å²) in [5, 5.41) is 20.5. The Morgan fingerprint density at radius 2 is 1.79 bits per heavy atom. The van der Waals surface area contributed by atoms with Crippen LogP contribution in [0.4, 0.5) is 11.4 Å². The second-order valence-electron chi connectivity index (χ2n) is 6.83. The molecule has 1 aromatic carbocycles. The van der Waals surface area contributed by atoms with E-state index in [2.05, 4.69) is 27.7 Å². The van der Waals surface area contributed by atoms with Crippen LogP contribution in [0.25, 0.3) is 6.08 Å². The van der Waals surface area contributed by atoms with Crippen molar-refractivity contribution in [2.24, 2.45) is 11.8 Å². The first kappa shape index (κ1) is 19.7. The minimum Gasteiger partial charge on any atom is -0.478 e. The van der Waals surface area contributed by atoms with Crippen molar-refractivity contribution < 1.29 is 14.8 Å². The summed E-state index contributed by atoms with van der Waals surface area (Å²) in [7, 11) is 0. The second kappa shape index (κ2) is 8.47. The van der Waals surface area contributed by atoms with Gasteiger partial charge in [0.1, 0.15) is 5.69 Å². The van der Waals surface area contributed by atoms with E-state index in [0.717, 1.165) is 13.1 Å². The van der Waals surface area contributed by atoms with Crippen molar-refractivity contribution in [3.63, 3.8) is 0 Å². The zero-order chi connectivity index (χ0) is 18.4. The van der Waals surface area contributed by atoms with Crippen LogP contribution in [-0.4, -0.2) is 29.1 Å². The van der Waals surface area contributed by atoms with Gasteiger partial charge in [0.15, 0.2) is 0 Å². The number of aliphatic carboxylic acids is 1. The molecular weight excluding hydrogens is 308 g/mol. The van der Waals surface area contributed by atoms with Gasteiger partial charge in [0.25, 0.3) is 5.69 Å². The summed E-state index contributed by atoms with van der Waals surface area (Å²) < 4.78 is 0. The molecule has 1 rings (SSSR count). The van der Waals surface area contributed by atoms with Crippen molar-refractivity contribution >= 4 is 23.4 Å². The molecule has 1 N–H and O–H groups in total. The lowest BCUT2D eigenvalue weighted by molar-refractivity contribution is -0.384. The number of benzene rings is 1. The van der Waals surface area contributed by atoms with Crippen molar-refractivity contribution in [2.75, 3.05) is 18.0 Å². The number of nitro benzene ring substituents is 1. The van der Waals surface area contributed by atoms with Crippen LogP contribution < -0.4 is 4.90 Å².